The van der Waals surface area contributed by atoms with E-state index in [1.54, 1.807) is 12.3 Å². The number of aliphatic carboxylic acids is 1. The topological polar surface area (TPSA) is 87.8 Å². The Morgan fingerprint density at radius 2 is 2.06 bits per heavy atom. The van der Waals surface area contributed by atoms with Crippen LogP contribution >= 0.6 is 11.6 Å². The fraction of sp³-hybridized carbons (Fsp3) is 0.524. The van der Waals surface area contributed by atoms with E-state index >= 15 is 0 Å². The quantitative estimate of drug-likeness (QED) is 0.703. The molecule has 1 aromatic heterocycles. The molecule has 1 saturated heterocycles. The van der Waals surface area contributed by atoms with Crippen molar-refractivity contribution >= 4 is 17.6 Å². The second-order valence-electron chi connectivity index (χ2n) is 7.87. The molecule has 1 aromatic carbocycles. The van der Waals surface area contributed by atoms with Crippen molar-refractivity contribution in [3.8, 4) is 5.75 Å². The fourth-order valence-electron chi connectivity index (χ4n) is 4.22. The summed E-state index contributed by atoms with van der Waals surface area (Å²) in [5.74, 6) is -2.37. The van der Waals surface area contributed by atoms with E-state index in [0.717, 1.165) is 37.9 Å². The number of hydrogen-bond donors (Lipinski definition) is 2. The van der Waals surface area contributed by atoms with Crippen molar-refractivity contribution in [1.82, 2.24) is 14.7 Å². The van der Waals surface area contributed by atoms with Crippen LogP contribution < -0.4 is 0 Å². The smallest absolute Gasteiger partial charge is 0.490 e. The number of carboxylic acids is 1. The minimum Gasteiger partial charge on any atom is -0.508 e. The van der Waals surface area contributed by atoms with E-state index in [4.69, 9.17) is 26.2 Å². The number of halogens is 4. The molecule has 2 heterocycles. The Hall–Kier alpha value is -2.30. The highest BCUT2D eigenvalue weighted by Crippen LogP contribution is 2.35. The van der Waals surface area contributed by atoms with Crippen LogP contribution in [0, 0.1) is 0 Å². The van der Waals surface area contributed by atoms with Crippen LogP contribution in [-0.2, 0) is 28.9 Å². The molecule has 0 amide bonds. The highest BCUT2D eigenvalue weighted by Gasteiger charge is 2.40. The molecular weight excluding hydrogens is 451 g/mol. The van der Waals surface area contributed by atoms with Gasteiger partial charge in [-0.1, -0.05) is 30.7 Å². The van der Waals surface area contributed by atoms with Crippen LogP contribution in [0.4, 0.5) is 13.2 Å². The summed E-state index contributed by atoms with van der Waals surface area (Å²) in [7, 11) is 0. The average molecular weight is 476 g/mol. The van der Waals surface area contributed by atoms with E-state index in [9.17, 15) is 18.3 Å². The van der Waals surface area contributed by atoms with Gasteiger partial charge in [-0.05, 0) is 36.6 Å². The molecule has 1 fully saturated rings. The number of ether oxygens (including phenoxy) is 1. The molecule has 0 saturated carbocycles. The van der Waals surface area contributed by atoms with Gasteiger partial charge >= 0.3 is 12.1 Å². The lowest BCUT2D eigenvalue weighted by atomic mass is 9.83. The van der Waals surface area contributed by atoms with Crippen LogP contribution in [0.3, 0.4) is 0 Å². The first-order valence-electron chi connectivity index (χ1n) is 10.3. The number of benzene rings is 1. The first-order chi connectivity index (χ1) is 15.1. The second-order valence-corrected chi connectivity index (χ2v) is 8.30. The van der Waals surface area contributed by atoms with Gasteiger partial charge in [-0.2, -0.15) is 18.3 Å². The molecule has 32 heavy (non-hydrogen) atoms. The van der Waals surface area contributed by atoms with E-state index in [-0.39, 0.29) is 12.2 Å². The third-order valence-electron chi connectivity index (χ3n) is 5.53. The maximum absolute atomic E-state index is 10.6. The summed E-state index contributed by atoms with van der Waals surface area (Å²) in [6, 6.07) is 6.22. The maximum Gasteiger partial charge on any atom is 0.490 e. The maximum atomic E-state index is 10.6. The fourth-order valence-corrected chi connectivity index (χ4v) is 4.38. The summed E-state index contributed by atoms with van der Waals surface area (Å²) in [5, 5.41) is 22.3. The normalized spacial score (nSPS) is 23.0. The number of hydrogen-bond acceptors (Lipinski definition) is 5. The van der Waals surface area contributed by atoms with Crippen molar-refractivity contribution < 1.29 is 32.9 Å². The second kappa shape index (κ2) is 10.1. The molecular formula is C21H25ClF3N3O4. The molecule has 2 N–H and O–H groups in total. The molecule has 4 rings (SSSR count). The van der Waals surface area contributed by atoms with Gasteiger partial charge in [0, 0.05) is 25.2 Å². The Morgan fingerprint density at radius 3 is 2.66 bits per heavy atom. The highest BCUT2D eigenvalue weighted by molar-refractivity contribution is 6.30. The molecule has 1 aliphatic heterocycles. The van der Waals surface area contributed by atoms with Gasteiger partial charge < -0.3 is 14.9 Å². The van der Waals surface area contributed by atoms with E-state index < -0.39 is 12.1 Å². The number of nitrogens with zero attached hydrogens (tertiary/aromatic N) is 3. The van der Waals surface area contributed by atoms with Gasteiger partial charge in [0.25, 0.3) is 0 Å². The Balaban J connectivity index is 0.000000360. The van der Waals surface area contributed by atoms with Crippen LogP contribution in [0.2, 0.25) is 5.02 Å². The summed E-state index contributed by atoms with van der Waals surface area (Å²) in [6.45, 7) is 4.88. The lowest BCUT2D eigenvalue weighted by Crippen LogP contribution is -2.58. The zero-order chi connectivity index (χ0) is 23.5. The number of morpholine rings is 1. The Labute approximate surface area is 188 Å². The van der Waals surface area contributed by atoms with Gasteiger partial charge in [-0.3, -0.25) is 9.58 Å². The van der Waals surface area contributed by atoms with Crippen LogP contribution in [-0.4, -0.2) is 68.4 Å². The minimum absolute atomic E-state index is 0.0798. The highest BCUT2D eigenvalue weighted by atomic mass is 35.5. The SMILES string of the molecule is CCCN1CC(Cn2cc(Cl)cn2)OC2Cc3c(O)cccc3CC21.O=C(O)C(F)(F)F. The number of rotatable bonds is 4. The van der Waals surface area contributed by atoms with Gasteiger partial charge in [0.15, 0.2) is 0 Å². The number of carboxylic acid groups (broad SMARTS) is 1. The van der Waals surface area contributed by atoms with Crippen molar-refractivity contribution in [2.45, 2.75) is 57.2 Å². The summed E-state index contributed by atoms with van der Waals surface area (Å²) in [4.78, 5) is 11.4. The van der Waals surface area contributed by atoms with Gasteiger partial charge in [0.2, 0.25) is 0 Å². The number of aromatic hydroxyl groups is 1. The van der Waals surface area contributed by atoms with Crippen LogP contribution in [0.15, 0.2) is 30.6 Å². The minimum atomic E-state index is -5.08. The van der Waals surface area contributed by atoms with E-state index in [1.807, 2.05) is 16.9 Å². The predicted octanol–water partition coefficient (Wildman–Crippen LogP) is 3.52. The molecule has 176 valence electrons. The van der Waals surface area contributed by atoms with E-state index in [1.165, 1.54) is 5.56 Å². The summed E-state index contributed by atoms with van der Waals surface area (Å²) in [5.41, 5.74) is 2.30. The molecule has 11 heteroatoms. The lowest BCUT2D eigenvalue weighted by Gasteiger charge is -2.47. The molecule has 0 radical (unpaired) electrons. The number of aromatic nitrogens is 2. The van der Waals surface area contributed by atoms with E-state index in [0.29, 0.717) is 23.4 Å². The molecule has 3 atom stereocenters. The largest absolute Gasteiger partial charge is 0.508 e. The Bertz CT molecular complexity index is 937. The summed E-state index contributed by atoms with van der Waals surface area (Å²) >= 11 is 5.98. The van der Waals surface area contributed by atoms with Crippen LogP contribution in [0.25, 0.3) is 0 Å². The molecule has 0 spiro atoms. The average Bonchev–Trinajstić information content (AvgIpc) is 3.12. The molecule has 3 unspecified atom stereocenters. The number of alkyl halides is 3. The Kier molecular flexibility index (Phi) is 7.68. The van der Waals surface area contributed by atoms with Gasteiger partial charge in [0.1, 0.15) is 5.75 Å². The molecule has 2 aromatic rings. The number of phenols is 1. The lowest BCUT2D eigenvalue weighted by molar-refractivity contribution is -0.192. The number of carbonyl (C=O) groups is 1. The van der Waals surface area contributed by atoms with Gasteiger partial charge in [-0.25, -0.2) is 4.79 Å². The van der Waals surface area contributed by atoms with Gasteiger partial charge in [0.05, 0.1) is 30.0 Å². The zero-order valence-electron chi connectivity index (χ0n) is 17.4. The van der Waals surface area contributed by atoms with Crippen molar-refractivity contribution in [3.05, 3.63) is 46.7 Å². The molecule has 0 bridgehead atoms. The molecule has 1 aliphatic carbocycles. The number of fused-ring (bicyclic) bond motifs is 2. The van der Waals surface area contributed by atoms with Crippen molar-refractivity contribution in [2.75, 3.05) is 13.1 Å². The predicted molar refractivity (Wildman–Crippen MR) is 111 cm³/mol. The summed E-state index contributed by atoms with van der Waals surface area (Å²) < 4.78 is 40.0. The van der Waals surface area contributed by atoms with Crippen LogP contribution in [0.5, 0.6) is 5.75 Å². The van der Waals surface area contributed by atoms with Crippen molar-refractivity contribution in [3.63, 3.8) is 0 Å². The number of phenolic OH excluding ortho intramolecular Hbond substituents is 1. The first kappa shape index (κ1) is 24.3. The summed E-state index contributed by atoms with van der Waals surface area (Å²) in [6.07, 6.45) is 1.43. The third kappa shape index (κ3) is 5.93. The monoisotopic (exact) mass is 475 g/mol. The van der Waals surface area contributed by atoms with Crippen LogP contribution in [0.1, 0.15) is 24.5 Å². The first-order valence-corrected chi connectivity index (χ1v) is 10.6. The Morgan fingerprint density at radius 1 is 1.34 bits per heavy atom. The van der Waals surface area contributed by atoms with Crippen molar-refractivity contribution in [2.24, 2.45) is 0 Å². The van der Waals surface area contributed by atoms with E-state index in [2.05, 4.69) is 23.0 Å². The third-order valence-corrected chi connectivity index (χ3v) is 5.73. The van der Waals surface area contributed by atoms with Gasteiger partial charge in [-0.15, -0.1) is 0 Å². The molecule has 7 nitrogen and oxygen atoms in total. The standard InChI is InChI=1S/C19H24ClN3O2.C2HF3O2/c1-2-6-22-11-15(12-23-10-14(20)9-21-23)25-19-8-16-13(7-17(19)22)4-3-5-18(16)24;3-2(4,5)1(6)7/h3-5,9-10,15,17,19,24H,2,6-8,11-12H2,1H3;(H,6,7). The molecule has 2 aliphatic rings. The van der Waals surface area contributed by atoms with Crippen molar-refractivity contribution in [1.29, 1.82) is 0 Å². The zero-order valence-corrected chi connectivity index (χ0v) is 18.2.